The Kier molecular flexibility index (Phi) is 5.26. The van der Waals surface area contributed by atoms with E-state index in [0.717, 1.165) is 27.8 Å². The first-order chi connectivity index (χ1) is 12.8. The number of aryl methyl sites for hydroxylation is 2. The molecule has 0 bridgehead atoms. The van der Waals surface area contributed by atoms with Crippen molar-refractivity contribution in [2.75, 3.05) is 11.9 Å². The van der Waals surface area contributed by atoms with Gasteiger partial charge in [0.15, 0.2) is 5.82 Å². The van der Waals surface area contributed by atoms with Crippen LogP contribution < -0.4 is 10.6 Å². The molecule has 1 aromatic heterocycles. The lowest BCUT2D eigenvalue weighted by molar-refractivity contribution is 0.251. The molecule has 0 radical (unpaired) electrons. The molecule has 27 heavy (non-hydrogen) atoms. The monoisotopic (exact) mass is 364 g/mol. The predicted molar refractivity (Wildman–Crippen MR) is 108 cm³/mol. The number of fused-ring (bicyclic) bond motifs is 1. The Bertz CT molecular complexity index is 976. The molecule has 0 saturated heterocycles. The van der Waals surface area contributed by atoms with E-state index in [4.69, 9.17) is 0 Å². The van der Waals surface area contributed by atoms with E-state index in [2.05, 4.69) is 20.6 Å². The van der Waals surface area contributed by atoms with Crippen molar-refractivity contribution in [1.29, 1.82) is 0 Å². The molecule has 3 aromatic rings. The van der Waals surface area contributed by atoms with Crippen molar-refractivity contribution in [3.05, 3.63) is 47.7 Å². The van der Waals surface area contributed by atoms with Crippen LogP contribution in [0.3, 0.4) is 0 Å². The van der Waals surface area contributed by atoms with Crippen molar-refractivity contribution < 1.29 is 9.90 Å². The van der Waals surface area contributed by atoms with E-state index in [9.17, 15) is 9.90 Å². The van der Waals surface area contributed by atoms with Gasteiger partial charge in [0.05, 0.1) is 17.2 Å². The van der Waals surface area contributed by atoms with Gasteiger partial charge in [-0.25, -0.2) is 9.78 Å². The number of carbonyl (C=O) groups is 1. The molecule has 0 aliphatic rings. The number of aromatic hydroxyl groups is 1. The highest BCUT2D eigenvalue weighted by Crippen LogP contribution is 2.30. The van der Waals surface area contributed by atoms with Crippen molar-refractivity contribution in [3.8, 4) is 16.9 Å². The number of hydrogen-bond acceptors (Lipinski definition) is 4. The smallest absolute Gasteiger partial charge is 0.320 e. The highest BCUT2D eigenvalue weighted by molar-refractivity contribution is 5.90. The first-order valence-electron chi connectivity index (χ1n) is 8.95. The van der Waals surface area contributed by atoms with Crippen LogP contribution >= 0.6 is 0 Å². The summed E-state index contributed by atoms with van der Waals surface area (Å²) < 4.78 is 0. The van der Waals surface area contributed by atoms with Gasteiger partial charge in [0, 0.05) is 6.54 Å². The Morgan fingerprint density at radius 3 is 2.44 bits per heavy atom. The lowest BCUT2D eigenvalue weighted by Gasteiger charge is -2.10. The van der Waals surface area contributed by atoms with Gasteiger partial charge in [-0.1, -0.05) is 19.9 Å². The lowest BCUT2D eigenvalue weighted by atomic mass is 9.99. The number of nitrogens with zero attached hydrogens (tertiary/aromatic N) is 2. The number of urea groups is 1. The van der Waals surface area contributed by atoms with E-state index in [0.29, 0.717) is 29.5 Å². The van der Waals surface area contributed by atoms with E-state index < -0.39 is 0 Å². The largest absolute Gasteiger partial charge is 0.507 e. The summed E-state index contributed by atoms with van der Waals surface area (Å²) in [6, 6.07) is 9.41. The summed E-state index contributed by atoms with van der Waals surface area (Å²) in [5, 5.41) is 15.5. The molecule has 0 atom stereocenters. The third kappa shape index (κ3) is 4.34. The van der Waals surface area contributed by atoms with Crippen molar-refractivity contribution in [1.82, 2.24) is 15.3 Å². The SMILES string of the molecule is Cc1cc(-c2ccc3ncc(NC(=O)NCC(C)C)nc3c2)cc(C)c1O. The molecule has 0 unspecified atom stereocenters. The fourth-order valence-electron chi connectivity index (χ4n) is 2.83. The minimum atomic E-state index is -0.293. The molecule has 6 heteroatoms. The maximum Gasteiger partial charge on any atom is 0.320 e. The Labute approximate surface area is 158 Å². The predicted octanol–water partition coefficient (Wildman–Crippen LogP) is 4.40. The topological polar surface area (TPSA) is 87.1 Å². The quantitative estimate of drug-likeness (QED) is 0.640. The summed E-state index contributed by atoms with van der Waals surface area (Å²) in [5.74, 6) is 1.09. The summed E-state index contributed by atoms with van der Waals surface area (Å²) in [6.07, 6.45) is 1.55. The zero-order valence-electron chi connectivity index (χ0n) is 16.0. The number of amides is 2. The summed E-state index contributed by atoms with van der Waals surface area (Å²) in [6.45, 7) is 8.42. The molecule has 2 aromatic carbocycles. The number of phenols is 1. The van der Waals surface area contributed by atoms with Crippen molar-refractivity contribution in [2.45, 2.75) is 27.7 Å². The van der Waals surface area contributed by atoms with Crippen LogP contribution in [0.25, 0.3) is 22.2 Å². The second kappa shape index (κ2) is 7.61. The number of carbonyl (C=O) groups excluding carboxylic acids is 1. The Morgan fingerprint density at radius 2 is 1.78 bits per heavy atom. The fraction of sp³-hybridized carbons (Fsp3) is 0.286. The van der Waals surface area contributed by atoms with Crippen LogP contribution in [-0.4, -0.2) is 27.7 Å². The molecule has 2 amide bonds. The number of rotatable bonds is 4. The number of hydrogen-bond donors (Lipinski definition) is 3. The van der Waals surface area contributed by atoms with Gasteiger partial charge in [-0.05, 0) is 66.3 Å². The highest BCUT2D eigenvalue weighted by atomic mass is 16.3. The van der Waals surface area contributed by atoms with Gasteiger partial charge in [-0.2, -0.15) is 0 Å². The molecule has 6 nitrogen and oxygen atoms in total. The van der Waals surface area contributed by atoms with Gasteiger partial charge < -0.3 is 10.4 Å². The number of nitrogens with one attached hydrogen (secondary N) is 2. The molecular weight excluding hydrogens is 340 g/mol. The van der Waals surface area contributed by atoms with Gasteiger partial charge >= 0.3 is 6.03 Å². The molecule has 0 spiro atoms. The first kappa shape index (κ1) is 18.6. The van der Waals surface area contributed by atoms with Crippen LogP contribution in [-0.2, 0) is 0 Å². The van der Waals surface area contributed by atoms with Crippen molar-refractivity contribution in [2.24, 2.45) is 5.92 Å². The molecule has 3 rings (SSSR count). The Hall–Kier alpha value is -3.15. The Balaban J connectivity index is 1.89. The van der Waals surface area contributed by atoms with E-state index in [1.165, 1.54) is 0 Å². The molecular formula is C21H24N4O2. The third-order valence-corrected chi connectivity index (χ3v) is 4.28. The van der Waals surface area contributed by atoms with E-state index in [1.807, 2.05) is 58.0 Å². The standard InChI is InChI=1S/C21H24N4O2/c1-12(2)10-23-21(27)25-19-11-22-17-6-5-15(9-18(17)24-19)16-7-13(3)20(26)14(4)8-16/h5-9,11-12,26H,10H2,1-4H3,(H2,23,24,25,27). The van der Waals surface area contributed by atoms with Crippen LogP contribution in [0.4, 0.5) is 10.6 Å². The summed E-state index contributed by atoms with van der Waals surface area (Å²) >= 11 is 0. The van der Waals surface area contributed by atoms with E-state index in [1.54, 1.807) is 6.20 Å². The number of phenolic OH excluding ortho intramolecular Hbond substituents is 1. The van der Waals surface area contributed by atoms with Gasteiger partial charge in [-0.3, -0.25) is 10.3 Å². The van der Waals surface area contributed by atoms with Crippen LogP contribution in [0.5, 0.6) is 5.75 Å². The maximum atomic E-state index is 11.9. The Morgan fingerprint density at radius 1 is 1.07 bits per heavy atom. The van der Waals surface area contributed by atoms with Crippen LogP contribution in [0.15, 0.2) is 36.5 Å². The van der Waals surface area contributed by atoms with Crippen LogP contribution in [0.1, 0.15) is 25.0 Å². The average molecular weight is 364 g/mol. The minimum absolute atomic E-state index is 0.293. The second-order valence-electron chi connectivity index (χ2n) is 7.15. The van der Waals surface area contributed by atoms with E-state index >= 15 is 0 Å². The third-order valence-electron chi connectivity index (χ3n) is 4.28. The maximum absolute atomic E-state index is 11.9. The number of anilines is 1. The van der Waals surface area contributed by atoms with Gasteiger partial charge in [-0.15, -0.1) is 0 Å². The summed E-state index contributed by atoms with van der Waals surface area (Å²) in [7, 11) is 0. The van der Waals surface area contributed by atoms with Gasteiger partial charge in [0.1, 0.15) is 5.75 Å². The fourth-order valence-corrected chi connectivity index (χ4v) is 2.83. The van der Waals surface area contributed by atoms with Crippen LogP contribution in [0, 0.1) is 19.8 Å². The summed E-state index contributed by atoms with van der Waals surface area (Å²) in [4.78, 5) is 20.8. The highest BCUT2D eigenvalue weighted by Gasteiger charge is 2.09. The molecule has 1 heterocycles. The molecule has 0 saturated carbocycles. The molecule has 3 N–H and O–H groups in total. The number of benzene rings is 2. The molecule has 0 aliphatic carbocycles. The molecule has 0 aliphatic heterocycles. The minimum Gasteiger partial charge on any atom is -0.507 e. The van der Waals surface area contributed by atoms with Gasteiger partial charge in [0.25, 0.3) is 0 Å². The molecule has 140 valence electrons. The number of aromatic nitrogens is 2. The van der Waals surface area contributed by atoms with Crippen molar-refractivity contribution in [3.63, 3.8) is 0 Å². The lowest BCUT2D eigenvalue weighted by Crippen LogP contribution is -2.32. The summed E-state index contributed by atoms with van der Waals surface area (Å²) in [5.41, 5.74) is 5.07. The normalized spacial score (nSPS) is 11.0. The van der Waals surface area contributed by atoms with Crippen molar-refractivity contribution >= 4 is 22.9 Å². The van der Waals surface area contributed by atoms with Gasteiger partial charge in [0.2, 0.25) is 0 Å². The van der Waals surface area contributed by atoms with Crippen LogP contribution in [0.2, 0.25) is 0 Å². The molecule has 0 fully saturated rings. The van der Waals surface area contributed by atoms with E-state index in [-0.39, 0.29) is 6.03 Å². The zero-order chi connectivity index (χ0) is 19.6. The second-order valence-corrected chi connectivity index (χ2v) is 7.15. The first-order valence-corrected chi connectivity index (χ1v) is 8.95. The average Bonchev–Trinajstić information content (AvgIpc) is 2.63. The zero-order valence-corrected chi connectivity index (χ0v) is 16.0.